The summed E-state index contributed by atoms with van der Waals surface area (Å²) >= 11 is 0. The van der Waals surface area contributed by atoms with Gasteiger partial charge in [-0.05, 0) is 49.2 Å². The highest BCUT2D eigenvalue weighted by Crippen LogP contribution is 2.23. The molecule has 9 heteroatoms. The third-order valence-electron chi connectivity index (χ3n) is 4.85. The van der Waals surface area contributed by atoms with Gasteiger partial charge in [0, 0.05) is 24.9 Å². The lowest BCUT2D eigenvalue weighted by Gasteiger charge is -2.20. The number of hydrogen-bond donors (Lipinski definition) is 1. The second-order valence-corrected chi connectivity index (χ2v) is 11.0. The number of para-hydroxylation sites is 1. The maximum absolute atomic E-state index is 12.8. The van der Waals surface area contributed by atoms with Crippen molar-refractivity contribution in [1.82, 2.24) is 4.31 Å². The number of nitrogens with one attached hydrogen (secondary N) is 1. The lowest BCUT2D eigenvalue weighted by Crippen LogP contribution is -2.31. The Balaban J connectivity index is 1.79. The van der Waals surface area contributed by atoms with E-state index in [0.717, 1.165) is 31.9 Å². The van der Waals surface area contributed by atoms with Crippen LogP contribution in [0.25, 0.3) is 0 Å². The highest BCUT2D eigenvalue weighted by Gasteiger charge is 2.25. The Kier molecular flexibility index (Phi) is 6.40. The molecule has 0 bridgehead atoms. The minimum Gasteiger partial charge on any atom is -0.321 e. The van der Waals surface area contributed by atoms with Crippen molar-refractivity contribution >= 4 is 31.5 Å². The summed E-state index contributed by atoms with van der Waals surface area (Å²) in [4.78, 5) is 12.7. The predicted molar refractivity (Wildman–Crippen MR) is 111 cm³/mol. The first-order valence-corrected chi connectivity index (χ1v) is 12.7. The van der Waals surface area contributed by atoms with E-state index >= 15 is 0 Å². The van der Waals surface area contributed by atoms with E-state index in [-0.39, 0.29) is 21.0 Å². The van der Waals surface area contributed by atoms with Crippen LogP contribution in [0.5, 0.6) is 0 Å². The molecule has 0 aliphatic carbocycles. The number of benzene rings is 2. The molecule has 2 aromatic carbocycles. The summed E-state index contributed by atoms with van der Waals surface area (Å²) in [5.74, 6) is -0.514. The standard InChI is InChI=1S/C20H24N2O5S2/c1-28(24,25)19-9-5-4-8-18(19)21-20(23)16-10-12-17(13-11-16)29(26,27)22-14-6-2-3-7-15-22/h4-5,8-13H,2-3,6-7,14-15H2,1H3,(H,21,23). The maximum Gasteiger partial charge on any atom is 0.255 e. The average molecular weight is 437 g/mol. The molecular formula is C20H24N2O5S2. The molecule has 1 N–H and O–H groups in total. The van der Waals surface area contributed by atoms with Gasteiger partial charge in [0.2, 0.25) is 10.0 Å². The zero-order valence-electron chi connectivity index (χ0n) is 16.2. The van der Waals surface area contributed by atoms with E-state index in [1.54, 1.807) is 12.1 Å². The molecule has 0 saturated carbocycles. The van der Waals surface area contributed by atoms with Gasteiger partial charge in [-0.3, -0.25) is 4.79 Å². The van der Waals surface area contributed by atoms with Crippen LogP contribution in [0.1, 0.15) is 36.0 Å². The molecule has 0 radical (unpaired) electrons. The van der Waals surface area contributed by atoms with Crippen molar-refractivity contribution in [2.75, 3.05) is 24.7 Å². The zero-order valence-corrected chi connectivity index (χ0v) is 17.8. The molecule has 7 nitrogen and oxygen atoms in total. The molecule has 0 unspecified atom stereocenters. The summed E-state index contributed by atoms with van der Waals surface area (Å²) in [7, 11) is -7.09. The number of sulfone groups is 1. The smallest absolute Gasteiger partial charge is 0.255 e. The summed E-state index contributed by atoms with van der Waals surface area (Å²) < 4.78 is 50.9. The fourth-order valence-electron chi connectivity index (χ4n) is 3.30. The summed E-state index contributed by atoms with van der Waals surface area (Å²) in [5.41, 5.74) is 0.421. The molecule has 1 saturated heterocycles. The van der Waals surface area contributed by atoms with Gasteiger partial charge in [0.15, 0.2) is 9.84 Å². The lowest BCUT2D eigenvalue weighted by atomic mass is 10.2. The summed E-state index contributed by atoms with van der Waals surface area (Å²) in [6.07, 6.45) is 4.82. The van der Waals surface area contributed by atoms with E-state index in [1.165, 1.54) is 40.7 Å². The van der Waals surface area contributed by atoms with Gasteiger partial charge in [0.1, 0.15) is 0 Å². The van der Waals surface area contributed by atoms with Crippen molar-refractivity contribution in [3.63, 3.8) is 0 Å². The SMILES string of the molecule is CS(=O)(=O)c1ccccc1NC(=O)c1ccc(S(=O)(=O)N2CCCCCC2)cc1. The molecule has 1 fully saturated rings. The summed E-state index contributed by atoms with van der Waals surface area (Å²) in [5, 5.41) is 2.59. The Morgan fingerprint density at radius 3 is 2.03 bits per heavy atom. The number of amides is 1. The Morgan fingerprint density at radius 2 is 1.45 bits per heavy atom. The van der Waals surface area contributed by atoms with Crippen molar-refractivity contribution in [3.05, 3.63) is 54.1 Å². The van der Waals surface area contributed by atoms with Gasteiger partial charge < -0.3 is 5.32 Å². The monoisotopic (exact) mass is 436 g/mol. The third-order valence-corrected chi connectivity index (χ3v) is 7.92. The molecule has 0 atom stereocenters. The Morgan fingerprint density at radius 1 is 0.862 bits per heavy atom. The highest BCUT2D eigenvalue weighted by atomic mass is 32.2. The molecule has 1 aliphatic rings. The predicted octanol–water partition coefficient (Wildman–Crippen LogP) is 2.91. The molecule has 1 aliphatic heterocycles. The summed E-state index contributed by atoms with van der Waals surface area (Å²) in [6, 6.07) is 11.8. The van der Waals surface area contributed by atoms with Crippen LogP contribution >= 0.6 is 0 Å². The first-order chi connectivity index (χ1) is 13.7. The largest absolute Gasteiger partial charge is 0.321 e. The molecule has 1 amide bonds. The fourth-order valence-corrected chi connectivity index (χ4v) is 5.66. The number of carbonyl (C=O) groups is 1. The van der Waals surface area contributed by atoms with Crippen molar-refractivity contribution in [3.8, 4) is 0 Å². The van der Waals surface area contributed by atoms with Crippen LogP contribution in [0.3, 0.4) is 0 Å². The first kappa shape index (κ1) is 21.5. The molecular weight excluding hydrogens is 412 g/mol. The number of rotatable bonds is 5. The highest BCUT2D eigenvalue weighted by molar-refractivity contribution is 7.91. The Hall–Kier alpha value is -2.23. The van der Waals surface area contributed by atoms with E-state index in [0.29, 0.717) is 13.1 Å². The molecule has 3 rings (SSSR count). The Labute approximate surface area is 171 Å². The van der Waals surface area contributed by atoms with Crippen LogP contribution in [0.2, 0.25) is 0 Å². The van der Waals surface area contributed by atoms with Crippen LogP contribution in [0.4, 0.5) is 5.69 Å². The number of nitrogens with zero attached hydrogens (tertiary/aromatic N) is 1. The van der Waals surface area contributed by atoms with E-state index in [1.807, 2.05) is 0 Å². The minimum absolute atomic E-state index is 0.0220. The average Bonchev–Trinajstić information content (AvgIpc) is 2.98. The minimum atomic E-state index is -3.59. The van der Waals surface area contributed by atoms with Crippen LogP contribution in [0.15, 0.2) is 58.3 Å². The van der Waals surface area contributed by atoms with Crippen molar-refractivity contribution in [1.29, 1.82) is 0 Å². The normalized spacial score (nSPS) is 16.2. The van der Waals surface area contributed by atoms with Crippen molar-refractivity contribution in [2.24, 2.45) is 0 Å². The third kappa shape index (κ3) is 5.04. The Bertz CT molecular complexity index is 1090. The van der Waals surface area contributed by atoms with Crippen molar-refractivity contribution < 1.29 is 21.6 Å². The van der Waals surface area contributed by atoms with Crippen LogP contribution < -0.4 is 5.32 Å². The number of carbonyl (C=O) groups excluding carboxylic acids is 1. The second kappa shape index (κ2) is 8.64. The molecule has 0 aromatic heterocycles. The quantitative estimate of drug-likeness (QED) is 0.777. The first-order valence-electron chi connectivity index (χ1n) is 9.40. The summed E-state index contributed by atoms with van der Waals surface area (Å²) in [6.45, 7) is 1.01. The topological polar surface area (TPSA) is 101 Å². The zero-order chi connectivity index (χ0) is 21.1. The fraction of sp³-hybridized carbons (Fsp3) is 0.350. The number of anilines is 1. The second-order valence-electron chi connectivity index (χ2n) is 7.07. The van der Waals surface area contributed by atoms with E-state index in [4.69, 9.17) is 0 Å². The van der Waals surface area contributed by atoms with Gasteiger partial charge in [-0.1, -0.05) is 25.0 Å². The van der Waals surface area contributed by atoms with Gasteiger partial charge in [0.05, 0.1) is 15.5 Å². The van der Waals surface area contributed by atoms with Gasteiger partial charge in [0.25, 0.3) is 5.91 Å². The molecule has 2 aromatic rings. The van der Waals surface area contributed by atoms with Crippen LogP contribution in [-0.2, 0) is 19.9 Å². The molecule has 0 spiro atoms. The van der Waals surface area contributed by atoms with Crippen LogP contribution in [-0.4, -0.2) is 46.4 Å². The molecule has 29 heavy (non-hydrogen) atoms. The van der Waals surface area contributed by atoms with Gasteiger partial charge in [-0.2, -0.15) is 4.31 Å². The maximum atomic E-state index is 12.8. The van der Waals surface area contributed by atoms with Crippen LogP contribution in [0, 0.1) is 0 Å². The molecule has 1 heterocycles. The van der Waals surface area contributed by atoms with E-state index in [9.17, 15) is 21.6 Å². The van der Waals surface area contributed by atoms with E-state index in [2.05, 4.69) is 5.32 Å². The number of hydrogen-bond acceptors (Lipinski definition) is 5. The van der Waals surface area contributed by atoms with Crippen molar-refractivity contribution in [2.45, 2.75) is 35.5 Å². The number of sulfonamides is 1. The lowest BCUT2D eigenvalue weighted by molar-refractivity contribution is 0.102. The van der Waals surface area contributed by atoms with Gasteiger partial charge in [-0.25, -0.2) is 16.8 Å². The molecule has 156 valence electrons. The van der Waals surface area contributed by atoms with Gasteiger partial charge in [-0.15, -0.1) is 0 Å². The van der Waals surface area contributed by atoms with Gasteiger partial charge >= 0.3 is 0 Å². The van der Waals surface area contributed by atoms with E-state index < -0.39 is 25.8 Å².